The van der Waals surface area contributed by atoms with Crippen LogP contribution in [0.15, 0.2) is 30.3 Å². The van der Waals surface area contributed by atoms with Crippen LogP contribution in [0.25, 0.3) is 0 Å². The number of carbonyl (C=O) groups is 1. The normalized spacial score (nSPS) is 20.2. The van der Waals surface area contributed by atoms with E-state index in [0.717, 1.165) is 25.1 Å². The standard InChI is InChI=1S/C13H16N2OS/c1-15-9-5-8-11(13(15)16)12(17)14-10-6-3-2-4-7-10/h2-4,6-7,11H,5,8-9H2,1H3,(H,14,17). The first kappa shape index (κ1) is 12.0. The first-order valence-electron chi connectivity index (χ1n) is 5.79. The number of benzene rings is 1. The Kier molecular flexibility index (Phi) is 3.74. The van der Waals surface area contributed by atoms with Crippen LogP contribution in [0, 0.1) is 5.92 Å². The number of anilines is 1. The smallest absolute Gasteiger partial charge is 0.232 e. The summed E-state index contributed by atoms with van der Waals surface area (Å²) >= 11 is 5.33. The van der Waals surface area contributed by atoms with Gasteiger partial charge in [0.1, 0.15) is 0 Å². The van der Waals surface area contributed by atoms with Gasteiger partial charge in [0.05, 0.1) is 10.9 Å². The maximum atomic E-state index is 12.0. The van der Waals surface area contributed by atoms with Gasteiger partial charge in [0.15, 0.2) is 0 Å². The molecule has 2 rings (SSSR count). The van der Waals surface area contributed by atoms with E-state index in [9.17, 15) is 4.79 Å². The van der Waals surface area contributed by atoms with Gasteiger partial charge in [-0.1, -0.05) is 30.4 Å². The molecular weight excluding hydrogens is 232 g/mol. The van der Waals surface area contributed by atoms with Gasteiger partial charge in [-0.15, -0.1) is 0 Å². The number of carbonyl (C=O) groups excluding carboxylic acids is 1. The largest absolute Gasteiger partial charge is 0.349 e. The van der Waals surface area contributed by atoms with E-state index in [1.807, 2.05) is 37.4 Å². The van der Waals surface area contributed by atoms with Crippen molar-refractivity contribution in [3.63, 3.8) is 0 Å². The quantitative estimate of drug-likeness (QED) is 0.815. The van der Waals surface area contributed by atoms with Gasteiger partial charge < -0.3 is 10.2 Å². The minimum Gasteiger partial charge on any atom is -0.349 e. The Morgan fingerprint density at radius 3 is 2.82 bits per heavy atom. The monoisotopic (exact) mass is 248 g/mol. The van der Waals surface area contributed by atoms with Gasteiger partial charge in [-0.3, -0.25) is 4.79 Å². The summed E-state index contributed by atoms with van der Waals surface area (Å²) in [5.74, 6) is -0.0337. The van der Waals surface area contributed by atoms with E-state index in [4.69, 9.17) is 12.2 Å². The zero-order valence-corrected chi connectivity index (χ0v) is 10.7. The van der Waals surface area contributed by atoms with Crippen molar-refractivity contribution in [3.05, 3.63) is 30.3 Å². The second-order valence-electron chi connectivity index (χ2n) is 4.31. The number of nitrogens with zero attached hydrogens (tertiary/aromatic N) is 1. The highest BCUT2D eigenvalue weighted by molar-refractivity contribution is 7.80. The fourth-order valence-electron chi connectivity index (χ4n) is 2.03. The van der Waals surface area contributed by atoms with E-state index >= 15 is 0 Å². The molecule has 1 amide bonds. The Labute approximate surface area is 107 Å². The lowest BCUT2D eigenvalue weighted by atomic mass is 9.97. The average Bonchev–Trinajstić information content (AvgIpc) is 2.34. The van der Waals surface area contributed by atoms with Crippen molar-refractivity contribution >= 4 is 28.8 Å². The molecule has 1 atom stereocenters. The van der Waals surface area contributed by atoms with Crippen molar-refractivity contribution in [3.8, 4) is 0 Å². The van der Waals surface area contributed by atoms with Gasteiger partial charge in [-0.2, -0.15) is 0 Å². The van der Waals surface area contributed by atoms with Crippen LogP contribution in [0.3, 0.4) is 0 Å². The Hall–Kier alpha value is -1.42. The van der Waals surface area contributed by atoms with Crippen molar-refractivity contribution in [2.45, 2.75) is 12.8 Å². The van der Waals surface area contributed by atoms with Gasteiger partial charge in [0.2, 0.25) is 5.91 Å². The van der Waals surface area contributed by atoms with Gasteiger partial charge in [0.25, 0.3) is 0 Å². The van der Waals surface area contributed by atoms with Gasteiger partial charge in [-0.05, 0) is 25.0 Å². The lowest BCUT2D eigenvalue weighted by molar-refractivity contribution is -0.134. The Morgan fingerprint density at radius 1 is 1.41 bits per heavy atom. The van der Waals surface area contributed by atoms with Crippen LogP contribution >= 0.6 is 12.2 Å². The zero-order valence-electron chi connectivity index (χ0n) is 9.85. The topological polar surface area (TPSA) is 32.3 Å². The Morgan fingerprint density at radius 2 is 2.12 bits per heavy atom. The highest BCUT2D eigenvalue weighted by atomic mass is 32.1. The van der Waals surface area contributed by atoms with Crippen LogP contribution < -0.4 is 5.32 Å². The van der Waals surface area contributed by atoms with E-state index in [1.165, 1.54) is 0 Å². The van der Waals surface area contributed by atoms with Crippen molar-refractivity contribution in [1.29, 1.82) is 0 Å². The van der Waals surface area contributed by atoms with Crippen LogP contribution in [0.2, 0.25) is 0 Å². The molecule has 17 heavy (non-hydrogen) atoms. The molecule has 1 N–H and O–H groups in total. The van der Waals surface area contributed by atoms with E-state index < -0.39 is 0 Å². The molecule has 0 saturated carbocycles. The molecule has 0 aromatic heterocycles. The predicted molar refractivity (Wildman–Crippen MR) is 73.0 cm³/mol. The summed E-state index contributed by atoms with van der Waals surface area (Å²) in [4.78, 5) is 14.3. The predicted octanol–water partition coefficient (Wildman–Crippen LogP) is 2.29. The number of para-hydroxylation sites is 1. The van der Waals surface area contributed by atoms with E-state index in [2.05, 4.69) is 5.32 Å². The number of amides is 1. The zero-order chi connectivity index (χ0) is 12.3. The Balaban J connectivity index is 2.03. The number of likely N-dealkylation sites (tertiary alicyclic amines) is 1. The van der Waals surface area contributed by atoms with Crippen molar-refractivity contribution in [2.24, 2.45) is 5.92 Å². The summed E-state index contributed by atoms with van der Waals surface area (Å²) < 4.78 is 0. The molecule has 1 aromatic rings. The van der Waals surface area contributed by atoms with Crippen molar-refractivity contribution < 1.29 is 4.79 Å². The first-order chi connectivity index (χ1) is 8.18. The number of piperidine rings is 1. The van der Waals surface area contributed by atoms with Crippen LogP contribution in [0.4, 0.5) is 5.69 Å². The fourth-order valence-corrected chi connectivity index (χ4v) is 2.36. The molecule has 1 aliphatic rings. The average molecular weight is 248 g/mol. The lowest BCUT2D eigenvalue weighted by Gasteiger charge is -2.29. The number of hydrogen-bond donors (Lipinski definition) is 1. The summed E-state index contributed by atoms with van der Waals surface area (Å²) in [5.41, 5.74) is 0.943. The third-order valence-corrected chi connectivity index (χ3v) is 3.41. The van der Waals surface area contributed by atoms with Crippen molar-refractivity contribution in [2.75, 3.05) is 18.9 Å². The molecule has 90 valence electrons. The molecule has 1 aliphatic heterocycles. The van der Waals surface area contributed by atoms with Crippen LogP contribution in [-0.2, 0) is 4.79 Å². The third-order valence-electron chi connectivity index (χ3n) is 3.02. The highest BCUT2D eigenvalue weighted by Crippen LogP contribution is 2.19. The second kappa shape index (κ2) is 5.27. The maximum Gasteiger partial charge on any atom is 0.232 e. The van der Waals surface area contributed by atoms with E-state index in [-0.39, 0.29) is 11.8 Å². The molecule has 1 saturated heterocycles. The van der Waals surface area contributed by atoms with Crippen LogP contribution in [0.1, 0.15) is 12.8 Å². The first-order valence-corrected chi connectivity index (χ1v) is 6.20. The van der Waals surface area contributed by atoms with E-state index in [0.29, 0.717) is 4.99 Å². The summed E-state index contributed by atoms with van der Waals surface area (Å²) in [5, 5.41) is 3.15. The number of nitrogens with one attached hydrogen (secondary N) is 1. The molecule has 1 fully saturated rings. The molecule has 1 aromatic carbocycles. The van der Waals surface area contributed by atoms with E-state index in [1.54, 1.807) is 4.90 Å². The molecule has 0 spiro atoms. The summed E-state index contributed by atoms with van der Waals surface area (Å²) in [6.07, 6.45) is 1.87. The molecule has 1 heterocycles. The molecule has 4 heteroatoms. The molecule has 0 aliphatic carbocycles. The van der Waals surface area contributed by atoms with Gasteiger partial charge in [0, 0.05) is 19.3 Å². The summed E-state index contributed by atoms with van der Waals surface area (Å²) in [7, 11) is 1.83. The molecule has 3 nitrogen and oxygen atoms in total. The summed E-state index contributed by atoms with van der Waals surface area (Å²) in [6, 6.07) is 9.74. The van der Waals surface area contributed by atoms with Crippen LogP contribution in [-0.4, -0.2) is 29.4 Å². The third kappa shape index (κ3) is 2.82. The SMILES string of the molecule is CN1CCCC(C(=S)Nc2ccccc2)C1=O. The Bertz CT molecular complexity index is 419. The molecule has 1 unspecified atom stereocenters. The number of rotatable bonds is 2. The number of thiocarbonyl (C=S) groups is 1. The summed E-state index contributed by atoms with van der Waals surface area (Å²) in [6.45, 7) is 0.837. The second-order valence-corrected chi connectivity index (χ2v) is 4.75. The maximum absolute atomic E-state index is 12.0. The molecule has 0 bridgehead atoms. The number of hydrogen-bond acceptors (Lipinski definition) is 2. The highest BCUT2D eigenvalue weighted by Gasteiger charge is 2.29. The molecule has 0 radical (unpaired) electrons. The van der Waals surface area contributed by atoms with Gasteiger partial charge >= 0.3 is 0 Å². The van der Waals surface area contributed by atoms with Crippen molar-refractivity contribution in [1.82, 2.24) is 4.90 Å². The fraction of sp³-hybridized carbons (Fsp3) is 0.385. The lowest BCUT2D eigenvalue weighted by Crippen LogP contribution is -2.43. The molecular formula is C13H16N2OS. The minimum absolute atomic E-state index is 0.129. The van der Waals surface area contributed by atoms with Gasteiger partial charge in [-0.25, -0.2) is 0 Å². The van der Waals surface area contributed by atoms with Crippen LogP contribution in [0.5, 0.6) is 0 Å². The minimum atomic E-state index is -0.163.